The van der Waals surface area contributed by atoms with Crippen LogP contribution in [0.5, 0.6) is 0 Å². The van der Waals surface area contributed by atoms with E-state index in [2.05, 4.69) is 0 Å². The predicted octanol–water partition coefficient (Wildman–Crippen LogP) is -1.46. The molecule has 0 amide bonds. The van der Waals surface area contributed by atoms with E-state index in [4.69, 9.17) is 9.84 Å². The van der Waals surface area contributed by atoms with Gasteiger partial charge in [-0.05, 0) is 5.75 Å². The zero-order valence-electron chi connectivity index (χ0n) is 7.91. The molecule has 0 aliphatic carbocycles. The molecule has 1 rings (SSSR count). The van der Waals surface area contributed by atoms with Crippen molar-refractivity contribution in [3.05, 3.63) is 0 Å². The van der Waals surface area contributed by atoms with Crippen LogP contribution in [0.3, 0.4) is 0 Å². The van der Waals surface area contributed by atoms with Crippen LogP contribution in [0.25, 0.3) is 0 Å². The monoisotopic (exact) mass is 224 g/mol. The Labute approximate surface area is 86.7 Å². The van der Waals surface area contributed by atoms with E-state index >= 15 is 0 Å². The van der Waals surface area contributed by atoms with E-state index in [-0.39, 0.29) is 0 Å². The second-order valence-electron chi connectivity index (χ2n) is 3.15. The van der Waals surface area contributed by atoms with Crippen molar-refractivity contribution in [3.8, 4) is 0 Å². The Hall–Kier alpha value is 0.150. The smallest absolute Gasteiger partial charge is 0.169 e. The number of aliphatic hydroxyl groups is 4. The first kappa shape index (κ1) is 12.2. The first-order valence-corrected chi connectivity index (χ1v) is 5.58. The largest absolute Gasteiger partial charge is 0.394 e. The van der Waals surface area contributed by atoms with E-state index in [9.17, 15) is 15.3 Å². The van der Waals surface area contributed by atoms with Gasteiger partial charge >= 0.3 is 0 Å². The topological polar surface area (TPSA) is 90.2 Å². The molecule has 1 fully saturated rings. The Morgan fingerprint density at radius 2 is 1.86 bits per heavy atom. The summed E-state index contributed by atoms with van der Waals surface area (Å²) in [5.41, 5.74) is 0. The van der Waals surface area contributed by atoms with Crippen LogP contribution in [0.4, 0.5) is 0 Å². The molecule has 4 N–H and O–H groups in total. The Bertz CT molecular complexity index is 179. The quantitative estimate of drug-likeness (QED) is 0.468. The molecule has 0 aromatic heterocycles. The lowest BCUT2D eigenvalue weighted by molar-refractivity contribution is -0.234. The molecule has 0 spiro atoms. The molecule has 1 saturated heterocycles. The van der Waals surface area contributed by atoms with Crippen molar-refractivity contribution < 1.29 is 25.2 Å². The molecular weight excluding hydrogens is 208 g/mol. The molecule has 0 aromatic carbocycles. The molecule has 0 saturated carbocycles. The zero-order valence-corrected chi connectivity index (χ0v) is 8.72. The fourth-order valence-electron chi connectivity index (χ4n) is 1.44. The average Bonchev–Trinajstić information content (AvgIpc) is 2.18. The average molecular weight is 224 g/mol. The van der Waals surface area contributed by atoms with Crippen LogP contribution in [-0.2, 0) is 4.74 Å². The number of hydrogen-bond acceptors (Lipinski definition) is 6. The zero-order chi connectivity index (χ0) is 10.7. The van der Waals surface area contributed by atoms with Gasteiger partial charge in [-0.2, -0.15) is 11.8 Å². The van der Waals surface area contributed by atoms with Gasteiger partial charge in [-0.25, -0.2) is 0 Å². The van der Waals surface area contributed by atoms with Gasteiger partial charge in [0.2, 0.25) is 0 Å². The molecule has 5 nitrogen and oxygen atoms in total. The highest BCUT2D eigenvalue weighted by Crippen LogP contribution is 2.28. The van der Waals surface area contributed by atoms with E-state index in [1.165, 1.54) is 11.8 Å². The van der Waals surface area contributed by atoms with Gasteiger partial charge in [0.1, 0.15) is 12.2 Å². The lowest BCUT2D eigenvalue weighted by Gasteiger charge is -2.39. The molecular formula is C8H16O5S. The van der Waals surface area contributed by atoms with E-state index in [1.807, 2.05) is 6.92 Å². The van der Waals surface area contributed by atoms with Crippen LogP contribution >= 0.6 is 11.8 Å². The van der Waals surface area contributed by atoms with Crippen LogP contribution in [0.1, 0.15) is 6.92 Å². The Morgan fingerprint density at radius 1 is 1.21 bits per heavy atom. The number of rotatable bonds is 3. The Morgan fingerprint density at radius 3 is 2.36 bits per heavy atom. The Kier molecular flexibility index (Phi) is 4.62. The minimum absolute atomic E-state index is 0.418. The summed E-state index contributed by atoms with van der Waals surface area (Å²) in [6.45, 7) is 1.47. The van der Waals surface area contributed by atoms with Gasteiger partial charge in [0.15, 0.2) is 6.29 Å². The highest BCUT2D eigenvalue weighted by Gasteiger charge is 2.43. The highest BCUT2D eigenvalue weighted by atomic mass is 32.2. The second-order valence-corrected chi connectivity index (χ2v) is 4.60. The summed E-state index contributed by atoms with van der Waals surface area (Å²) in [5.74, 6) is 0.707. The number of hydrogen-bond donors (Lipinski definition) is 4. The molecule has 0 bridgehead atoms. The molecule has 6 heteroatoms. The third-order valence-corrected chi connectivity index (χ3v) is 3.43. The number of aliphatic hydroxyl groups excluding tert-OH is 4. The van der Waals surface area contributed by atoms with Crippen molar-refractivity contribution in [1.29, 1.82) is 0 Å². The minimum Gasteiger partial charge on any atom is -0.394 e. The van der Waals surface area contributed by atoms with Gasteiger partial charge in [0.25, 0.3) is 0 Å². The van der Waals surface area contributed by atoms with E-state index in [0.717, 1.165) is 0 Å². The van der Waals surface area contributed by atoms with Crippen LogP contribution in [-0.4, -0.2) is 62.6 Å². The molecule has 0 unspecified atom stereocenters. The summed E-state index contributed by atoms with van der Waals surface area (Å²) in [6, 6.07) is 0. The van der Waals surface area contributed by atoms with Crippen LogP contribution in [0.15, 0.2) is 0 Å². The molecule has 0 aromatic rings. The lowest BCUT2D eigenvalue weighted by Crippen LogP contribution is -2.57. The summed E-state index contributed by atoms with van der Waals surface area (Å²) < 4.78 is 4.96. The lowest BCUT2D eigenvalue weighted by atomic mass is 10.0. The van der Waals surface area contributed by atoms with Crippen LogP contribution < -0.4 is 0 Å². The SMILES string of the molecule is CCS[C@@H]1[C@H](O)[C@H](O)[C@H](CO)O[C@@H]1O. The van der Waals surface area contributed by atoms with E-state index in [0.29, 0.717) is 5.75 Å². The van der Waals surface area contributed by atoms with Gasteiger partial charge < -0.3 is 25.2 Å². The molecule has 0 radical (unpaired) electrons. The van der Waals surface area contributed by atoms with E-state index in [1.54, 1.807) is 0 Å². The molecule has 1 aliphatic heterocycles. The predicted molar refractivity (Wildman–Crippen MR) is 51.9 cm³/mol. The fourth-order valence-corrected chi connectivity index (χ4v) is 2.42. The van der Waals surface area contributed by atoms with E-state index < -0.39 is 36.5 Å². The first-order chi connectivity index (χ1) is 6.61. The maximum absolute atomic E-state index is 9.62. The number of thioether (sulfide) groups is 1. The third kappa shape index (κ3) is 2.39. The van der Waals surface area contributed by atoms with Gasteiger partial charge in [0, 0.05) is 0 Å². The van der Waals surface area contributed by atoms with Gasteiger partial charge in [-0.3, -0.25) is 0 Å². The van der Waals surface area contributed by atoms with Crippen molar-refractivity contribution >= 4 is 11.8 Å². The van der Waals surface area contributed by atoms with Crippen LogP contribution in [0.2, 0.25) is 0 Å². The standard InChI is InChI=1S/C8H16O5S/c1-2-14-7-6(11)5(10)4(3-9)13-8(7)12/h4-12H,2-3H2,1H3/t4-,5+,6+,7+,8-/m0/s1. The third-order valence-electron chi connectivity index (χ3n) is 2.20. The van der Waals surface area contributed by atoms with Crippen LogP contribution in [0, 0.1) is 0 Å². The van der Waals surface area contributed by atoms with Gasteiger partial charge in [0.05, 0.1) is 18.0 Å². The molecule has 14 heavy (non-hydrogen) atoms. The molecule has 84 valence electrons. The van der Waals surface area contributed by atoms with Gasteiger partial charge in [-0.15, -0.1) is 0 Å². The van der Waals surface area contributed by atoms with Crippen molar-refractivity contribution in [1.82, 2.24) is 0 Å². The number of ether oxygens (including phenoxy) is 1. The summed E-state index contributed by atoms with van der Waals surface area (Å²) in [4.78, 5) is 0. The summed E-state index contributed by atoms with van der Waals surface area (Å²) in [5, 5.41) is 36.8. The van der Waals surface area contributed by atoms with Crippen molar-refractivity contribution in [2.24, 2.45) is 0 Å². The molecule has 1 aliphatic rings. The van der Waals surface area contributed by atoms with Crippen molar-refractivity contribution in [2.75, 3.05) is 12.4 Å². The maximum atomic E-state index is 9.62. The molecule has 5 atom stereocenters. The minimum atomic E-state index is -1.15. The Balaban J connectivity index is 2.63. The van der Waals surface area contributed by atoms with Gasteiger partial charge in [-0.1, -0.05) is 6.92 Å². The second kappa shape index (κ2) is 5.29. The first-order valence-electron chi connectivity index (χ1n) is 4.54. The summed E-state index contributed by atoms with van der Waals surface area (Å²) in [7, 11) is 0. The molecule has 1 heterocycles. The summed E-state index contributed by atoms with van der Waals surface area (Å²) >= 11 is 1.32. The summed E-state index contributed by atoms with van der Waals surface area (Å²) in [6.07, 6.45) is -4.27. The van der Waals surface area contributed by atoms with Crippen molar-refractivity contribution in [2.45, 2.75) is 36.8 Å². The normalized spacial score (nSPS) is 43.9. The highest BCUT2D eigenvalue weighted by molar-refractivity contribution is 7.99. The van der Waals surface area contributed by atoms with Crippen molar-refractivity contribution in [3.63, 3.8) is 0 Å². The fraction of sp³-hybridized carbons (Fsp3) is 1.00. The maximum Gasteiger partial charge on any atom is 0.169 e.